The van der Waals surface area contributed by atoms with Gasteiger partial charge in [-0.1, -0.05) is 15.9 Å². The lowest BCUT2D eigenvalue weighted by Crippen LogP contribution is -1.99. The second-order valence-electron chi connectivity index (χ2n) is 2.79. The summed E-state index contributed by atoms with van der Waals surface area (Å²) in [6.45, 7) is -0.0546. The predicted octanol–water partition coefficient (Wildman–Crippen LogP) is 1.95. The number of rotatable bonds is 2. The van der Waals surface area contributed by atoms with Crippen LogP contribution in [0.3, 0.4) is 0 Å². The van der Waals surface area contributed by atoms with Crippen molar-refractivity contribution in [3.63, 3.8) is 0 Å². The van der Waals surface area contributed by atoms with Crippen molar-refractivity contribution in [3.8, 4) is 11.5 Å². The second-order valence-corrected chi connectivity index (χ2v) is 3.64. The molecule has 1 aromatic rings. The lowest BCUT2D eigenvalue weighted by molar-refractivity contribution is -0.497. The number of nitro groups is 1. The van der Waals surface area contributed by atoms with Crippen LogP contribution in [0, 0.1) is 10.1 Å². The molecule has 0 radical (unpaired) electrons. The Bertz CT molecular complexity index is 393. The SMILES string of the molecule is O=[N+]([O-])Cc1cc2c(cc1Br)OCO2. The number of ether oxygens (including phenoxy) is 2. The van der Waals surface area contributed by atoms with Gasteiger partial charge in [0.25, 0.3) is 0 Å². The van der Waals surface area contributed by atoms with Crippen LogP contribution in [0.5, 0.6) is 11.5 Å². The van der Waals surface area contributed by atoms with Crippen LogP contribution in [0.1, 0.15) is 5.56 Å². The third-order valence-corrected chi connectivity index (χ3v) is 2.58. The minimum Gasteiger partial charge on any atom is -0.454 e. The molecule has 1 heterocycles. The summed E-state index contributed by atoms with van der Waals surface area (Å²) in [5.74, 6) is 1.18. The van der Waals surface area contributed by atoms with Crippen molar-refractivity contribution in [1.29, 1.82) is 0 Å². The highest BCUT2D eigenvalue weighted by atomic mass is 79.9. The maximum Gasteiger partial charge on any atom is 0.231 e. The first-order chi connectivity index (χ1) is 6.66. The summed E-state index contributed by atoms with van der Waals surface area (Å²) in [5.41, 5.74) is 0.583. The van der Waals surface area contributed by atoms with E-state index in [0.29, 0.717) is 21.5 Å². The quantitative estimate of drug-likeness (QED) is 0.602. The zero-order valence-electron chi connectivity index (χ0n) is 7.03. The van der Waals surface area contributed by atoms with Crippen LogP contribution in [-0.2, 0) is 6.54 Å². The Morgan fingerprint density at radius 2 is 2.07 bits per heavy atom. The van der Waals surface area contributed by atoms with Gasteiger partial charge in [0.05, 0.1) is 0 Å². The number of hydrogen-bond donors (Lipinski definition) is 0. The van der Waals surface area contributed by atoms with Crippen LogP contribution in [0.2, 0.25) is 0 Å². The van der Waals surface area contributed by atoms with Crippen molar-refractivity contribution in [2.75, 3.05) is 6.79 Å². The molecule has 0 fully saturated rings. The molecule has 2 rings (SSSR count). The first kappa shape index (κ1) is 9.26. The Hall–Kier alpha value is -1.30. The van der Waals surface area contributed by atoms with E-state index in [4.69, 9.17) is 9.47 Å². The fourth-order valence-corrected chi connectivity index (χ4v) is 1.67. The van der Waals surface area contributed by atoms with Crippen LogP contribution >= 0.6 is 15.9 Å². The van der Waals surface area contributed by atoms with Gasteiger partial charge >= 0.3 is 0 Å². The van der Waals surface area contributed by atoms with Crippen molar-refractivity contribution in [2.45, 2.75) is 6.54 Å². The summed E-state index contributed by atoms with van der Waals surface area (Å²) in [6, 6.07) is 3.30. The third-order valence-electron chi connectivity index (χ3n) is 1.84. The first-order valence-electron chi connectivity index (χ1n) is 3.86. The molecule has 1 aliphatic heterocycles. The van der Waals surface area contributed by atoms with E-state index in [1.165, 1.54) is 0 Å². The minimum atomic E-state index is -0.387. The number of hydrogen-bond acceptors (Lipinski definition) is 4. The molecule has 1 aromatic carbocycles. The van der Waals surface area contributed by atoms with Gasteiger partial charge in [-0.25, -0.2) is 0 Å². The lowest BCUT2D eigenvalue weighted by atomic mass is 10.2. The smallest absolute Gasteiger partial charge is 0.231 e. The van der Waals surface area contributed by atoms with E-state index in [-0.39, 0.29) is 18.3 Å². The monoisotopic (exact) mass is 259 g/mol. The highest BCUT2D eigenvalue weighted by Crippen LogP contribution is 2.36. The molecule has 5 nitrogen and oxygen atoms in total. The molecule has 0 aromatic heterocycles. The van der Waals surface area contributed by atoms with E-state index in [0.717, 1.165) is 0 Å². The second kappa shape index (κ2) is 3.45. The molecule has 1 aliphatic rings. The van der Waals surface area contributed by atoms with Gasteiger partial charge in [-0.15, -0.1) is 0 Å². The highest BCUT2D eigenvalue weighted by molar-refractivity contribution is 9.10. The average molecular weight is 260 g/mol. The molecule has 0 saturated carbocycles. The molecule has 0 atom stereocenters. The van der Waals surface area contributed by atoms with Gasteiger partial charge in [0.15, 0.2) is 11.5 Å². The third kappa shape index (κ3) is 1.65. The maximum atomic E-state index is 10.3. The molecule has 74 valence electrons. The van der Waals surface area contributed by atoms with E-state index in [1.54, 1.807) is 12.1 Å². The number of benzene rings is 1. The molecule has 0 spiro atoms. The minimum absolute atomic E-state index is 0.170. The van der Waals surface area contributed by atoms with Gasteiger partial charge in [0.1, 0.15) is 0 Å². The van der Waals surface area contributed by atoms with Crippen LogP contribution in [0.15, 0.2) is 16.6 Å². The molecule has 0 unspecified atom stereocenters. The number of nitrogens with zero attached hydrogens (tertiary/aromatic N) is 1. The molecule has 0 bridgehead atoms. The Balaban J connectivity index is 2.37. The largest absolute Gasteiger partial charge is 0.454 e. The van der Waals surface area contributed by atoms with Gasteiger partial charge < -0.3 is 9.47 Å². The summed E-state index contributed by atoms with van der Waals surface area (Å²) >= 11 is 3.24. The summed E-state index contributed by atoms with van der Waals surface area (Å²) in [5, 5.41) is 10.3. The molecule has 14 heavy (non-hydrogen) atoms. The molecule has 0 amide bonds. The molecule has 0 aliphatic carbocycles. The maximum absolute atomic E-state index is 10.3. The van der Waals surface area contributed by atoms with Crippen molar-refractivity contribution in [1.82, 2.24) is 0 Å². The van der Waals surface area contributed by atoms with Crippen LogP contribution < -0.4 is 9.47 Å². The Morgan fingerprint density at radius 3 is 2.71 bits per heavy atom. The van der Waals surface area contributed by atoms with Crippen LogP contribution in [-0.4, -0.2) is 11.7 Å². The summed E-state index contributed by atoms with van der Waals surface area (Å²) < 4.78 is 10.9. The first-order valence-corrected chi connectivity index (χ1v) is 4.66. The molecular weight excluding hydrogens is 254 g/mol. The van der Waals surface area contributed by atoms with E-state index in [2.05, 4.69) is 15.9 Å². The average Bonchev–Trinajstić information content (AvgIpc) is 2.51. The zero-order chi connectivity index (χ0) is 10.1. The normalized spacial score (nSPS) is 12.9. The Labute approximate surface area is 87.9 Å². The van der Waals surface area contributed by atoms with Crippen LogP contribution in [0.4, 0.5) is 0 Å². The zero-order valence-corrected chi connectivity index (χ0v) is 8.61. The number of fused-ring (bicyclic) bond motifs is 1. The fourth-order valence-electron chi connectivity index (χ4n) is 1.22. The Morgan fingerprint density at radius 1 is 1.43 bits per heavy atom. The summed E-state index contributed by atoms with van der Waals surface area (Å²) in [6.07, 6.45) is 0. The topological polar surface area (TPSA) is 61.6 Å². The van der Waals surface area contributed by atoms with Gasteiger partial charge in [0, 0.05) is 15.0 Å². The van der Waals surface area contributed by atoms with Crippen molar-refractivity contribution < 1.29 is 14.4 Å². The van der Waals surface area contributed by atoms with E-state index in [1.807, 2.05) is 0 Å². The van der Waals surface area contributed by atoms with Crippen LogP contribution in [0.25, 0.3) is 0 Å². The van der Waals surface area contributed by atoms with Crippen molar-refractivity contribution in [2.24, 2.45) is 0 Å². The van der Waals surface area contributed by atoms with Gasteiger partial charge in [-0.05, 0) is 12.1 Å². The van der Waals surface area contributed by atoms with Gasteiger partial charge in [0.2, 0.25) is 13.3 Å². The van der Waals surface area contributed by atoms with E-state index >= 15 is 0 Å². The number of halogens is 1. The molecule has 6 heteroatoms. The standard InChI is InChI=1S/C8H6BrNO4/c9-6-2-8-7(13-4-14-8)1-5(6)3-10(11)12/h1-2H,3-4H2. The highest BCUT2D eigenvalue weighted by Gasteiger charge is 2.18. The van der Waals surface area contributed by atoms with Gasteiger partial charge in [-0.2, -0.15) is 0 Å². The lowest BCUT2D eigenvalue weighted by Gasteiger charge is -2.01. The fraction of sp³-hybridized carbons (Fsp3) is 0.250. The molecule has 0 saturated heterocycles. The predicted molar refractivity (Wildman–Crippen MR) is 51.0 cm³/mol. The van der Waals surface area contributed by atoms with E-state index < -0.39 is 0 Å². The van der Waals surface area contributed by atoms with Gasteiger partial charge in [-0.3, -0.25) is 10.1 Å². The Kier molecular flexibility index (Phi) is 2.28. The summed E-state index contributed by atoms with van der Waals surface area (Å²) in [4.78, 5) is 9.95. The van der Waals surface area contributed by atoms with E-state index in [9.17, 15) is 10.1 Å². The van der Waals surface area contributed by atoms with Crippen molar-refractivity contribution in [3.05, 3.63) is 32.3 Å². The molecule has 0 N–H and O–H groups in total. The summed E-state index contributed by atoms with van der Waals surface area (Å²) in [7, 11) is 0. The van der Waals surface area contributed by atoms with Crippen molar-refractivity contribution >= 4 is 15.9 Å². The molecular formula is C8H6BrNO4.